The number of carbonyl (C=O) groups is 1. The minimum atomic E-state index is -0.262. The Morgan fingerprint density at radius 2 is 1.84 bits per heavy atom. The molecule has 1 aliphatic heterocycles. The number of fused-ring (bicyclic) bond motifs is 1. The largest absolute Gasteiger partial charge is 0.486 e. The van der Waals surface area contributed by atoms with Crippen molar-refractivity contribution >= 4 is 11.5 Å². The average Bonchev–Trinajstić information content (AvgIpc) is 2.84. The second-order valence-corrected chi connectivity index (χ2v) is 4.32. The lowest BCUT2D eigenvalue weighted by Gasteiger charge is -2.19. The van der Waals surface area contributed by atoms with Crippen LogP contribution in [0.2, 0.25) is 0 Å². The summed E-state index contributed by atoms with van der Waals surface area (Å²) >= 11 is 0. The van der Waals surface area contributed by atoms with Crippen LogP contribution in [-0.2, 0) is 0 Å². The highest BCUT2D eigenvalue weighted by molar-refractivity contribution is 6.11. The number of ether oxygens (including phenoxy) is 2. The highest BCUT2D eigenvalue weighted by Gasteiger charge is 2.21. The van der Waals surface area contributed by atoms with Crippen LogP contribution >= 0.6 is 0 Å². The summed E-state index contributed by atoms with van der Waals surface area (Å²) in [6.45, 7) is 2.73. The summed E-state index contributed by atoms with van der Waals surface area (Å²) in [6.07, 6.45) is 0. The average molecular weight is 259 g/mol. The molecule has 0 radical (unpaired) electrons. The van der Waals surface area contributed by atoms with Gasteiger partial charge in [-0.3, -0.25) is 4.79 Å². The van der Waals surface area contributed by atoms with E-state index in [4.69, 9.17) is 19.6 Å². The Bertz CT molecular complexity index is 645. The Labute approximate surface area is 109 Å². The first-order chi connectivity index (χ1) is 9.15. The zero-order valence-corrected chi connectivity index (χ0v) is 10.4. The van der Waals surface area contributed by atoms with Gasteiger partial charge in [-0.2, -0.15) is 0 Å². The van der Waals surface area contributed by atoms with Gasteiger partial charge in [0, 0.05) is 11.8 Å². The molecule has 19 heavy (non-hydrogen) atoms. The number of benzene rings is 1. The molecule has 5 heteroatoms. The van der Waals surface area contributed by atoms with Gasteiger partial charge in [0.1, 0.15) is 19.0 Å². The number of anilines is 1. The third-order valence-corrected chi connectivity index (χ3v) is 2.92. The number of carbonyl (C=O) groups excluding carboxylic acids is 1. The lowest BCUT2D eigenvalue weighted by Crippen LogP contribution is -2.16. The number of aryl methyl sites for hydroxylation is 1. The van der Waals surface area contributed by atoms with E-state index in [-0.39, 0.29) is 11.5 Å². The molecule has 2 N–H and O–H groups in total. The minimum Gasteiger partial charge on any atom is -0.486 e. The number of rotatable bonds is 2. The van der Waals surface area contributed by atoms with Gasteiger partial charge in [-0.1, -0.05) is 0 Å². The van der Waals surface area contributed by atoms with E-state index in [9.17, 15) is 4.79 Å². The summed E-state index contributed by atoms with van der Waals surface area (Å²) in [5, 5.41) is 0. The van der Waals surface area contributed by atoms with Crippen molar-refractivity contribution in [3.8, 4) is 11.5 Å². The first-order valence-electron chi connectivity index (χ1n) is 5.95. The van der Waals surface area contributed by atoms with Crippen molar-refractivity contribution in [2.45, 2.75) is 6.92 Å². The highest BCUT2D eigenvalue weighted by atomic mass is 16.6. The maximum atomic E-state index is 12.3. The molecule has 0 spiro atoms. The molecule has 2 aromatic rings. The van der Waals surface area contributed by atoms with Gasteiger partial charge in [-0.25, -0.2) is 0 Å². The number of ketones is 1. The third-order valence-electron chi connectivity index (χ3n) is 2.92. The van der Waals surface area contributed by atoms with Crippen molar-refractivity contribution in [1.29, 1.82) is 0 Å². The van der Waals surface area contributed by atoms with E-state index in [2.05, 4.69) is 0 Å². The molecule has 0 saturated heterocycles. The van der Waals surface area contributed by atoms with E-state index in [1.807, 2.05) is 0 Å². The van der Waals surface area contributed by atoms with E-state index < -0.39 is 0 Å². The van der Waals surface area contributed by atoms with Crippen molar-refractivity contribution < 1.29 is 18.7 Å². The van der Waals surface area contributed by atoms with Crippen LogP contribution in [0, 0.1) is 6.92 Å². The van der Waals surface area contributed by atoms with E-state index >= 15 is 0 Å². The Kier molecular flexibility index (Phi) is 2.67. The molecule has 98 valence electrons. The van der Waals surface area contributed by atoms with Gasteiger partial charge < -0.3 is 19.6 Å². The Balaban J connectivity index is 2.03. The Morgan fingerprint density at radius 3 is 2.47 bits per heavy atom. The summed E-state index contributed by atoms with van der Waals surface area (Å²) in [4.78, 5) is 12.3. The number of hydrogen-bond acceptors (Lipinski definition) is 5. The minimum absolute atomic E-state index is 0.262. The summed E-state index contributed by atoms with van der Waals surface area (Å²) in [5.74, 6) is 1.78. The van der Waals surface area contributed by atoms with Crippen LogP contribution in [0.15, 0.2) is 28.7 Å². The van der Waals surface area contributed by atoms with Crippen LogP contribution in [-0.4, -0.2) is 19.0 Å². The number of hydrogen-bond donors (Lipinski definition) is 1. The van der Waals surface area contributed by atoms with Crippen LogP contribution in [0.4, 0.5) is 5.69 Å². The fourth-order valence-electron chi connectivity index (χ4n) is 1.99. The fourth-order valence-corrected chi connectivity index (χ4v) is 1.99. The van der Waals surface area contributed by atoms with Gasteiger partial charge in [0.15, 0.2) is 17.3 Å². The van der Waals surface area contributed by atoms with Crippen molar-refractivity contribution in [3.05, 3.63) is 41.3 Å². The van der Waals surface area contributed by atoms with E-state index in [0.717, 1.165) is 0 Å². The molecule has 2 heterocycles. The quantitative estimate of drug-likeness (QED) is 0.660. The van der Waals surface area contributed by atoms with Gasteiger partial charge in [-0.05, 0) is 25.1 Å². The number of furan rings is 1. The predicted octanol–water partition coefficient (Wildman–Crippen LogP) is 2.17. The van der Waals surface area contributed by atoms with Crippen molar-refractivity contribution in [1.82, 2.24) is 0 Å². The first-order valence-corrected chi connectivity index (χ1v) is 5.95. The van der Waals surface area contributed by atoms with Crippen LogP contribution in [0.25, 0.3) is 0 Å². The topological polar surface area (TPSA) is 74.7 Å². The molecule has 0 unspecified atom stereocenters. The highest BCUT2D eigenvalue weighted by Crippen LogP contribution is 2.35. The summed E-state index contributed by atoms with van der Waals surface area (Å²) in [6, 6.07) is 6.58. The molecule has 5 nitrogen and oxygen atoms in total. The summed E-state index contributed by atoms with van der Waals surface area (Å²) in [5.41, 5.74) is 6.60. The van der Waals surface area contributed by atoms with Crippen LogP contribution in [0.3, 0.4) is 0 Å². The van der Waals surface area contributed by atoms with Gasteiger partial charge in [0.2, 0.25) is 5.78 Å². The molecule has 0 aliphatic carbocycles. The normalized spacial score (nSPS) is 13.3. The number of nitrogens with two attached hydrogens (primary N) is 1. The lowest BCUT2D eigenvalue weighted by molar-refractivity contribution is 0.101. The third kappa shape index (κ3) is 2.03. The van der Waals surface area contributed by atoms with Gasteiger partial charge in [0.25, 0.3) is 0 Å². The second-order valence-electron chi connectivity index (χ2n) is 4.32. The standard InChI is InChI=1S/C14H13NO4/c1-8-2-3-11(19-8)14(16)9-6-12-13(7-10(9)15)18-5-4-17-12/h2-3,6-7H,4-5,15H2,1H3. The SMILES string of the molecule is Cc1ccc(C(=O)c2cc3c(cc2N)OCCO3)o1. The summed E-state index contributed by atoms with van der Waals surface area (Å²) in [7, 11) is 0. The van der Waals surface area contributed by atoms with E-state index in [1.165, 1.54) is 0 Å². The fraction of sp³-hybridized carbons (Fsp3) is 0.214. The Hall–Kier alpha value is -2.43. The zero-order valence-electron chi connectivity index (χ0n) is 10.4. The van der Waals surface area contributed by atoms with Crippen molar-refractivity contribution in [2.24, 2.45) is 0 Å². The van der Waals surface area contributed by atoms with Crippen molar-refractivity contribution in [2.75, 3.05) is 18.9 Å². The molecule has 0 fully saturated rings. The predicted molar refractivity (Wildman–Crippen MR) is 68.7 cm³/mol. The molecule has 1 aromatic heterocycles. The van der Waals surface area contributed by atoms with Crippen LogP contribution in [0.1, 0.15) is 21.9 Å². The maximum absolute atomic E-state index is 12.3. The first kappa shape index (κ1) is 11.6. The molecule has 1 aromatic carbocycles. The van der Waals surface area contributed by atoms with E-state index in [1.54, 1.807) is 31.2 Å². The molecular weight excluding hydrogens is 246 g/mol. The molecule has 0 atom stereocenters. The monoisotopic (exact) mass is 259 g/mol. The summed E-state index contributed by atoms with van der Waals surface area (Å²) < 4.78 is 16.2. The van der Waals surface area contributed by atoms with Gasteiger partial charge in [0.05, 0.1) is 5.56 Å². The number of nitrogen functional groups attached to an aromatic ring is 1. The smallest absolute Gasteiger partial charge is 0.230 e. The van der Waals surface area contributed by atoms with Crippen LogP contribution in [0.5, 0.6) is 11.5 Å². The Morgan fingerprint density at radius 1 is 1.16 bits per heavy atom. The molecule has 1 aliphatic rings. The molecule has 0 saturated carbocycles. The zero-order chi connectivity index (χ0) is 13.4. The maximum Gasteiger partial charge on any atom is 0.230 e. The molecule has 0 amide bonds. The van der Waals surface area contributed by atoms with Gasteiger partial charge in [-0.15, -0.1) is 0 Å². The molecular formula is C14H13NO4. The molecule has 0 bridgehead atoms. The lowest BCUT2D eigenvalue weighted by atomic mass is 10.1. The van der Waals surface area contributed by atoms with E-state index in [0.29, 0.717) is 41.7 Å². The second kappa shape index (κ2) is 4.35. The molecule has 3 rings (SSSR count). The van der Waals surface area contributed by atoms with Gasteiger partial charge >= 0.3 is 0 Å². The van der Waals surface area contributed by atoms with Crippen molar-refractivity contribution in [3.63, 3.8) is 0 Å². The van der Waals surface area contributed by atoms with Crippen LogP contribution < -0.4 is 15.2 Å².